The molecule has 0 spiro atoms. The molecule has 1 N–H and O–H groups in total. The number of nitrogens with one attached hydrogen (secondary N) is 1. The second-order valence-corrected chi connectivity index (χ2v) is 5.47. The minimum Gasteiger partial charge on any atom is -0.385 e. The summed E-state index contributed by atoms with van der Waals surface area (Å²) in [6.07, 6.45) is 5.81. The molecule has 1 atom stereocenters. The van der Waals surface area contributed by atoms with Crippen molar-refractivity contribution < 1.29 is 4.79 Å². The Morgan fingerprint density at radius 2 is 2.10 bits per heavy atom. The molecule has 3 heteroatoms. The largest absolute Gasteiger partial charge is 0.385 e. The Bertz CT molecular complexity index is 526. The van der Waals surface area contributed by atoms with Crippen LogP contribution in [0.1, 0.15) is 29.3 Å². The molecule has 0 amide bonds. The van der Waals surface area contributed by atoms with E-state index in [4.69, 9.17) is 0 Å². The third-order valence-corrected chi connectivity index (χ3v) is 3.98. The molecule has 1 aromatic carbocycles. The zero-order valence-corrected chi connectivity index (χ0v) is 12.8. The molecule has 1 aliphatic rings. The smallest absolute Gasteiger partial charge is 0.179 e. The number of carbonyl (C=O) groups is 1. The molecule has 3 nitrogen and oxygen atoms in total. The van der Waals surface area contributed by atoms with Crippen LogP contribution in [0.25, 0.3) is 0 Å². The number of hydrogen-bond donors (Lipinski definition) is 1. The maximum absolute atomic E-state index is 12.7. The van der Waals surface area contributed by atoms with Crippen LogP contribution >= 0.6 is 0 Å². The Morgan fingerprint density at radius 3 is 2.76 bits per heavy atom. The van der Waals surface area contributed by atoms with Gasteiger partial charge in [0.25, 0.3) is 0 Å². The lowest BCUT2D eigenvalue weighted by atomic mass is 9.96. The zero-order valence-electron chi connectivity index (χ0n) is 12.8. The van der Waals surface area contributed by atoms with Gasteiger partial charge in [-0.1, -0.05) is 12.2 Å². The van der Waals surface area contributed by atoms with E-state index in [9.17, 15) is 4.79 Å². The number of ketones is 1. The minimum atomic E-state index is -0.171. The van der Waals surface area contributed by atoms with Gasteiger partial charge < -0.3 is 5.32 Å². The van der Waals surface area contributed by atoms with E-state index in [0.29, 0.717) is 13.1 Å². The summed E-state index contributed by atoms with van der Waals surface area (Å²) in [5.74, 6) is 0.159. The van der Waals surface area contributed by atoms with Gasteiger partial charge in [0.1, 0.15) is 0 Å². The molecule has 0 saturated carbocycles. The molecule has 1 aromatic rings. The number of fused-ring (bicyclic) bond motifs is 1. The Balaban J connectivity index is 2.17. The van der Waals surface area contributed by atoms with Crippen molar-refractivity contribution in [2.45, 2.75) is 25.8 Å². The summed E-state index contributed by atoms with van der Waals surface area (Å²) in [5, 5.41) is 3.37. The number of rotatable bonds is 7. The van der Waals surface area contributed by atoms with E-state index in [0.717, 1.165) is 24.9 Å². The summed E-state index contributed by atoms with van der Waals surface area (Å²) < 4.78 is 0. The Hall–Kier alpha value is -1.87. The molecule has 1 heterocycles. The van der Waals surface area contributed by atoms with Gasteiger partial charge in [-0.05, 0) is 43.5 Å². The zero-order chi connectivity index (χ0) is 15.2. The van der Waals surface area contributed by atoms with Crippen LogP contribution in [0.2, 0.25) is 0 Å². The molecule has 0 saturated heterocycles. The molecule has 112 valence electrons. The fourth-order valence-corrected chi connectivity index (χ4v) is 2.76. The van der Waals surface area contributed by atoms with Gasteiger partial charge in [0.2, 0.25) is 0 Å². The molecule has 0 fully saturated rings. The first-order valence-corrected chi connectivity index (χ1v) is 7.54. The maximum atomic E-state index is 12.7. The lowest BCUT2D eigenvalue weighted by molar-refractivity contribution is 0.0865. The second-order valence-electron chi connectivity index (χ2n) is 5.47. The Kier molecular flexibility index (Phi) is 5.34. The van der Waals surface area contributed by atoms with Crippen LogP contribution in [0.3, 0.4) is 0 Å². The van der Waals surface area contributed by atoms with Gasteiger partial charge in [-0.3, -0.25) is 9.69 Å². The number of nitrogens with zero attached hydrogens (tertiary/aromatic N) is 1. The summed E-state index contributed by atoms with van der Waals surface area (Å²) in [4.78, 5) is 14.8. The van der Waals surface area contributed by atoms with Crippen molar-refractivity contribution in [1.82, 2.24) is 4.90 Å². The van der Waals surface area contributed by atoms with E-state index in [1.807, 2.05) is 37.3 Å². The van der Waals surface area contributed by atoms with Gasteiger partial charge in [-0.2, -0.15) is 0 Å². The van der Waals surface area contributed by atoms with Crippen molar-refractivity contribution in [1.29, 1.82) is 0 Å². The van der Waals surface area contributed by atoms with Crippen LogP contribution in [0, 0.1) is 0 Å². The summed E-state index contributed by atoms with van der Waals surface area (Å²) in [6.45, 7) is 11.9. The Morgan fingerprint density at radius 1 is 1.38 bits per heavy atom. The van der Waals surface area contributed by atoms with Gasteiger partial charge in [-0.15, -0.1) is 13.2 Å². The van der Waals surface area contributed by atoms with Gasteiger partial charge in [0.15, 0.2) is 5.78 Å². The summed E-state index contributed by atoms with van der Waals surface area (Å²) in [6, 6.07) is 5.83. The SMILES string of the molecule is C=CCN(CC=C)C(C)C(=O)c1ccc2c(c1)CCCN2. The standard InChI is InChI=1S/C18H24N2O/c1-4-11-20(12-5-2)14(3)18(21)16-8-9-17-15(13-16)7-6-10-19-17/h4-5,8-9,13-14,19H,1-2,6-7,10-12H2,3H3. The molecule has 0 bridgehead atoms. The van der Waals surface area contributed by atoms with E-state index in [1.165, 1.54) is 11.3 Å². The minimum absolute atomic E-state index is 0.159. The molecular formula is C18H24N2O. The Labute approximate surface area is 127 Å². The van der Waals surface area contributed by atoms with Crippen molar-refractivity contribution in [3.05, 3.63) is 54.6 Å². The van der Waals surface area contributed by atoms with E-state index < -0.39 is 0 Å². The van der Waals surface area contributed by atoms with Crippen LogP contribution in [0.5, 0.6) is 0 Å². The quantitative estimate of drug-likeness (QED) is 0.616. The van der Waals surface area contributed by atoms with Crippen molar-refractivity contribution in [2.24, 2.45) is 0 Å². The highest BCUT2D eigenvalue weighted by Crippen LogP contribution is 2.24. The fourth-order valence-electron chi connectivity index (χ4n) is 2.76. The topological polar surface area (TPSA) is 32.3 Å². The van der Waals surface area contributed by atoms with E-state index in [-0.39, 0.29) is 11.8 Å². The maximum Gasteiger partial charge on any atom is 0.179 e. The fraction of sp³-hybridized carbons (Fsp3) is 0.389. The van der Waals surface area contributed by atoms with Gasteiger partial charge in [0.05, 0.1) is 6.04 Å². The predicted molar refractivity (Wildman–Crippen MR) is 89.0 cm³/mol. The average molecular weight is 284 g/mol. The molecule has 2 rings (SSSR count). The molecular weight excluding hydrogens is 260 g/mol. The van der Waals surface area contributed by atoms with Crippen LogP contribution in [0.15, 0.2) is 43.5 Å². The van der Waals surface area contributed by atoms with Crippen molar-refractivity contribution in [2.75, 3.05) is 25.0 Å². The first kappa shape index (κ1) is 15.5. The van der Waals surface area contributed by atoms with Gasteiger partial charge in [0, 0.05) is 30.9 Å². The lowest BCUT2D eigenvalue weighted by Gasteiger charge is -2.26. The third-order valence-electron chi connectivity index (χ3n) is 3.98. The highest BCUT2D eigenvalue weighted by atomic mass is 16.1. The van der Waals surface area contributed by atoms with E-state index in [1.54, 1.807) is 0 Å². The molecule has 1 unspecified atom stereocenters. The highest BCUT2D eigenvalue weighted by molar-refractivity contribution is 6.00. The highest BCUT2D eigenvalue weighted by Gasteiger charge is 2.22. The predicted octanol–water partition coefficient (Wildman–Crippen LogP) is 3.29. The van der Waals surface area contributed by atoms with E-state index >= 15 is 0 Å². The van der Waals surface area contributed by atoms with Crippen molar-refractivity contribution in [3.8, 4) is 0 Å². The average Bonchev–Trinajstić information content (AvgIpc) is 2.53. The van der Waals surface area contributed by atoms with Crippen LogP contribution in [-0.2, 0) is 6.42 Å². The monoisotopic (exact) mass is 284 g/mol. The normalized spacial score (nSPS) is 15.0. The molecule has 0 aromatic heterocycles. The van der Waals surface area contributed by atoms with E-state index in [2.05, 4.69) is 23.4 Å². The van der Waals surface area contributed by atoms with Gasteiger partial charge in [-0.25, -0.2) is 0 Å². The molecule has 1 aliphatic heterocycles. The lowest BCUT2D eigenvalue weighted by Crippen LogP contribution is -2.39. The number of carbonyl (C=O) groups excluding carboxylic acids is 1. The van der Waals surface area contributed by atoms with Crippen LogP contribution < -0.4 is 5.32 Å². The number of aryl methyl sites for hydroxylation is 1. The van der Waals surface area contributed by atoms with Crippen molar-refractivity contribution in [3.63, 3.8) is 0 Å². The van der Waals surface area contributed by atoms with Crippen LogP contribution in [0.4, 0.5) is 5.69 Å². The van der Waals surface area contributed by atoms with Gasteiger partial charge >= 0.3 is 0 Å². The van der Waals surface area contributed by atoms with Crippen LogP contribution in [-0.4, -0.2) is 36.4 Å². The summed E-state index contributed by atoms with van der Waals surface area (Å²) in [7, 11) is 0. The number of benzene rings is 1. The van der Waals surface area contributed by atoms with Crippen molar-refractivity contribution >= 4 is 11.5 Å². The number of hydrogen-bond acceptors (Lipinski definition) is 3. The summed E-state index contributed by atoms with van der Waals surface area (Å²) in [5.41, 5.74) is 3.21. The molecule has 0 radical (unpaired) electrons. The first-order chi connectivity index (χ1) is 10.2. The third kappa shape index (κ3) is 3.61. The molecule has 21 heavy (non-hydrogen) atoms. The second kappa shape index (κ2) is 7.23. The number of anilines is 1. The first-order valence-electron chi connectivity index (χ1n) is 7.54. The number of Topliss-reactive ketones (excluding diaryl/α,β-unsaturated/α-hetero) is 1. The molecule has 0 aliphatic carbocycles. The summed E-state index contributed by atoms with van der Waals surface area (Å²) >= 11 is 0.